The molecule has 1 aromatic carbocycles. The summed E-state index contributed by atoms with van der Waals surface area (Å²) in [7, 11) is 0. The number of nitrogens with two attached hydrogens (primary N) is 1. The summed E-state index contributed by atoms with van der Waals surface area (Å²) in [5.74, 6) is 0.393. The minimum atomic E-state index is -0.229. The minimum Gasteiger partial charge on any atom is -0.368 e. The molecule has 4 N–H and O–H groups in total. The largest absolute Gasteiger partial charge is 0.368 e. The van der Waals surface area contributed by atoms with E-state index in [9.17, 15) is 4.79 Å². The number of amides is 1. The van der Waals surface area contributed by atoms with Crippen molar-refractivity contribution in [3.63, 3.8) is 0 Å². The first-order valence-corrected chi connectivity index (χ1v) is 7.95. The minimum absolute atomic E-state index is 0.203. The molecule has 0 saturated carbocycles. The molecule has 0 aliphatic carbocycles. The van der Waals surface area contributed by atoms with E-state index in [4.69, 9.17) is 5.73 Å². The van der Waals surface area contributed by atoms with Gasteiger partial charge in [-0.15, -0.1) is 11.3 Å². The molecule has 0 bridgehead atoms. The molecule has 7 nitrogen and oxygen atoms in total. The number of para-hydroxylation sites is 2. The summed E-state index contributed by atoms with van der Waals surface area (Å²) < 4.78 is 0. The second kappa shape index (κ2) is 5.74. The Morgan fingerprint density at radius 3 is 2.83 bits per heavy atom. The third kappa shape index (κ3) is 2.70. The lowest BCUT2D eigenvalue weighted by Crippen LogP contribution is -2.11. The summed E-state index contributed by atoms with van der Waals surface area (Å²) in [4.78, 5) is 29.2. The van der Waals surface area contributed by atoms with Gasteiger partial charge in [-0.2, -0.15) is 0 Å². The zero-order chi connectivity index (χ0) is 16.5. The maximum Gasteiger partial charge on any atom is 0.268 e. The number of imidazole rings is 1. The zero-order valence-electron chi connectivity index (χ0n) is 12.4. The molecule has 0 spiro atoms. The summed E-state index contributed by atoms with van der Waals surface area (Å²) in [6.45, 7) is 0. The van der Waals surface area contributed by atoms with Gasteiger partial charge in [-0.25, -0.2) is 15.0 Å². The van der Waals surface area contributed by atoms with Gasteiger partial charge in [0, 0.05) is 6.20 Å². The van der Waals surface area contributed by atoms with Crippen LogP contribution >= 0.6 is 11.3 Å². The molecule has 8 heteroatoms. The zero-order valence-corrected chi connectivity index (χ0v) is 13.2. The first kappa shape index (κ1) is 14.3. The van der Waals surface area contributed by atoms with Gasteiger partial charge in [-0.1, -0.05) is 12.1 Å². The van der Waals surface area contributed by atoms with Crippen molar-refractivity contribution in [1.29, 1.82) is 0 Å². The lowest BCUT2D eigenvalue weighted by Gasteiger charge is -1.99. The van der Waals surface area contributed by atoms with Crippen LogP contribution in [-0.4, -0.2) is 25.8 Å². The summed E-state index contributed by atoms with van der Waals surface area (Å²) >= 11 is 1.33. The van der Waals surface area contributed by atoms with Crippen molar-refractivity contribution >= 4 is 40.2 Å². The Morgan fingerprint density at radius 2 is 2.00 bits per heavy atom. The second-order valence-electron chi connectivity index (χ2n) is 5.02. The first-order valence-electron chi connectivity index (χ1n) is 7.14. The number of aromatic nitrogens is 4. The van der Waals surface area contributed by atoms with Crippen LogP contribution in [0, 0.1) is 0 Å². The fourth-order valence-corrected chi connectivity index (χ4v) is 3.16. The number of benzene rings is 1. The van der Waals surface area contributed by atoms with Crippen LogP contribution in [0.2, 0.25) is 0 Å². The molecule has 0 unspecified atom stereocenters. The molecule has 0 fully saturated rings. The molecule has 0 aliphatic rings. The monoisotopic (exact) mass is 336 g/mol. The van der Waals surface area contributed by atoms with Gasteiger partial charge in [0.25, 0.3) is 5.91 Å². The van der Waals surface area contributed by atoms with Crippen molar-refractivity contribution in [2.75, 3.05) is 11.1 Å². The Bertz CT molecular complexity index is 1000. The van der Waals surface area contributed by atoms with E-state index in [0.717, 1.165) is 15.9 Å². The van der Waals surface area contributed by atoms with Crippen LogP contribution in [0.1, 0.15) is 9.67 Å². The van der Waals surface area contributed by atoms with Crippen LogP contribution in [-0.2, 0) is 0 Å². The number of fused-ring (bicyclic) bond motifs is 1. The van der Waals surface area contributed by atoms with Crippen LogP contribution in [0.5, 0.6) is 0 Å². The topological polar surface area (TPSA) is 110 Å². The molecule has 1 amide bonds. The Morgan fingerprint density at radius 1 is 1.12 bits per heavy atom. The van der Waals surface area contributed by atoms with E-state index in [1.165, 1.54) is 11.3 Å². The third-order valence-corrected chi connectivity index (χ3v) is 4.48. The van der Waals surface area contributed by atoms with Crippen molar-refractivity contribution in [3.05, 3.63) is 53.5 Å². The van der Waals surface area contributed by atoms with Crippen molar-refractivity contribution in [1.82, 2.24) is 19.9 Å². The predicted molar refractivity (Wildman–Crippen MR) is 93.8 cm³/mol. The Labute approximate surface area is 140 Å². The van der Waals surface area contributed by atoms with Crippen LogP contribution in [0.15, 0.2) is 48.7 Å². The highest BCUT2D eigenvalue weighted by atomic mass is 32.1. The summed E-state index contributed by atoms with van der Waals surface area (Å²) in [6.07, 6.45) is 1.59. The number of aromatic amines is 1. The van der Waals surface area contributed by atoms with E-state index in [1.807, 2.05) is 30.3 Å². The standard InChI is InChI=1S/C16H12N6OS/c17-15-18-8-7-11(19-15)12-5-6-13(24-12)14(23)22-16-20-9-3-1-2-4-10(9)21-16/h1-8H,(H2,17,18,19)(H2,20,21,22,23). The number of thiophene rings is 1. The van der Waals surface area contributed by atoms with E-state index < -0.39 is 0 Å². The average molecular weight is 336 g/mol. The molecule has 3 aromatic heterocycles. The van der Waals surface area contributed by atoms with Gasteiger partial charge in [0.1, 0.15) is 0 Å². The van der Waals surface area contributed by atoms with Crippen molar-refractivity contribution in [2.45, 2.75) is 0 Å². The fourth-order valence-electron chi connectivity index (χ4n) is 2.29. The van der Waals surface area contributed by atoms with E-state index in [1.54, 1.807) is 18.3 Å². The van der Waals surface area contributed by atoms with Crippen molar-refractivity contribution < 1.29 is 4.79 Å². The number of hydrogen-bond donors (Lipinski definition) is 3. The number of nitrogens with zero attached hydrogens (tertiary/aromatic N) is 3. The summed E-state index contributed by atoms with van der Waals surface area (Å²) in [5, 5.41) is 2.77. The number of carbonyl (C=O) groups excluding carboxylic acids is 1. The maximum absolute atomic E-state index is 12.4. The number of hydrogen-bond acceptors (Lipinski definition) is 6. The highest BCUT2D eigenvalue weighted by molar-refractivity contribution is 7.17. The van der Waals surface area contributed by atoms with Gasteiger partial charge in [-0.3, -0.25) is 10.1 Å². The number of nitrogen functional groups attached to an aromatic ring is 1. The second-order valence-corrected chi connectivity index (χ2v) is 6.10. The SMILES string of the molecule is Nc1nccc(-c2ccc(C(=O)Nc3nc4ccccc4[nH]3)s2)n1. The quantitative estimate of drug-likeness (QED) is 0.533. The molecule has 0 saturated heterocycles. The molecular weight excluding hydrogens is 324 g/mol. The fraction of sp³-hybridized carbons (Fsp3) is 0. The Kier molecular flexibility index (Phi) is 3.43. The van der Waals surface area contributed by atoms with Gasteiger partial charge in [0.05, 0.1) is 26.5 Å². The van der Waals surface area contributed by atoms with Crippen molar-refractivity contribution in [3.8, 4) is 10.6 Å². The highest BCUT2D eigenvalue weighted by Gasteiger charge is 2.13. The van der Waals surface area contributed by atoms with E-state index in [0.29, 0.717) is 16.5 Å². The predicted octanol–water partition coefficient (Wildman–Crippen LogP) is 2.92. The Balaban J connectivity index is 1.56. The number of nitrogens with one attached hydrogen (secondary N) is 2. The first-order chi connectivity index (χ1) is 11.7. The number of H-pyrrole nitrogens is 1. The van der Waals surface area contributed by atoms with Crippen molar-refractivity contribution in [2.24, 2.45) is 0 Å². The molecular formula is C16H12N6OS. The molecule has 0 radical (unpaired) electrons. The average Bonchev–Trinajstić information content (AvgIpc) is 3.21. The third-order valence-electron chi connectivity index (χ3n) is 3.38. The van der Waals surface area contributed by atoms with Crippen LogP contribution in [0.25, 0.3) is 21.6 Å². The molecule has 0 aliphatic heterocycles. The Hall–Kier alpha value is -3.26. The summed E-state index contributed by atoms with van der Waals surface area (Å²) in [5.41, 5.74) is 7.96. The van der Waals surface area contributed by atoms with Gasteiger partial charge in [-0.05, 0) is 30.3 Å². The molecule has 4 rings (SSSR count). The molecule has 0 atom stereocenters. The molecule has 118 valence electrons. The lowest BCUT2D eigenvalue weighted by molar-refractivity contribution is 0.103. The normalized spacial score (nSPS) is 10.8. The smallest absolute Gasteiger partial charge is 0.268 e. The van der Waals surface area contributed by atoms with Gasteiger partial charge in [0.15, 0.2) is 0 Å². The number of anilines is 2. The lowest BCUT2D eigenvalue weighted by atomic mass is 10.3. The van der Waals surface area contributed by atoms with E-state index in [-0.39, 0.29) is 11.9 Å². The van der Waals surface area contributed by atoms with Gasteiger partial charge >= 0.3 is 0 Å². The maximum atomic E-state index is 12.4. The molecule has 4 aromatic rings. The van der Waals surface area contributed by atoms with Crippen LogP contribution < -0.4 is 11.1 Å². The molecule has 3 heterocycles. The van der Waals surface area contributed by atoms with Gasteiger partial charge in [0.2, 0.25) is 11.9 Å². The number of rotatable bonds is 3. The van der Waals surface area contributed by atoms with E-state index >= 15 is 0 Å². The van der Waals surface area contributed by atoms with E-state index in [2.05, 4.69) is 25.3 Å². The van der Waals surface area contributed by atoms with Crippen LogP contribution in [0.4, 0.5) is 11.9 Å². The highest BCUT2D eigenvalue weighted by Crippen LogP contribution is 2.27. The van der Waals surface area contributed by atoms with Gasteiger partial charge < -0.3 is 10.7 Å². The van der Waals surface area contributed by atoms with Crippen LogP contribution in [0.3, 0.4) is 0 Å². The summed E-state index contributed by atoms with van der Waals surface area (Å²) in [6, 6.07) is 12.9. The number of carbonyl (C=O) groups is 1. The molecule has 24 heavy (non-hydrogen) atoms.